The van der Waals surface area contributed by atoms with Crippen molar-refractivity contribution >= 4 is 22.5 Å². The van der Waals surface area contributed by atoms with E-state index in [1.165, 1.54) is 31.2 Å². The van der Waals surface area contributed by atoms with Gasteiger partial charge in [-0.25, -0.2) is 4.79 Å². The predicted octanol–water partition coefficient (Wildman–Crippen LogP) is 2.31. The summed E-state index contributed by atoms with van der Waals surface area (Å²) < 4.78 is 4.85. The first-order valence-corrected chi connectivity index (χ1v) is 6.31. The lowest BCUT2D eigenvalue weighted by Crippen LogP contribution is -2.08. The van der Waals surface area contributed by atoms with E-state index in [-0.39, 0.29) is 22.4 Å². The van der Waals surface area contributed by atoms with Crippen molar-refractivity contribution in [1.29, 1.82) is 0 Å². The molecule has 1 N–H and O–H groups in total. The lowest BCUT2D eigenvalue weighted by molar-refractivity contribution is -0.387. The molecule has 10 nitrogen and oxygen atoms in total. The first kappa shape index (κ1) is 14.4. The average molecular weight is 316 g/mol. The van der Waals surface area contributed by atoms with Gasteiger partial charge in [0.2, 0.25) is 5.71 Å². The normalized spacial score (nSPS) is 10.8. The van der Waals surface area contributed by atoms with Crippen LogP contribution < -0.4 is 5.63 Å². The van der Waals surface area contributed by atoms with Gasteiger partial charge in [0.15, 0.2) is 0 Å². The van der Waals surface area contributed by atoms with Crippen LogP contribution in [0.4, 0.5) is 11.4 Å². The van der Waals surface area contributed by atoms with Crippen LogP contribution in [0.15, 0.2) is 33.5 Å². The van der Waals surface area contributed by atoms with Gasteiger partial charge in [-0.3, -0.25) is 25.3 Å². The van der Waals surface area contributed by atoms with Crippen molar-refractivity contribution in [2.75, 3.05) is 0 Å². The molecular formula is C13H8N4O6. The highest BCUT2D eigenvalue weighted by Gasteiger charge is 2.25. The number of fused-ring (bicyclic) bond motifs is 1. The van der Waals surface area contributed by atoms with Gasteiger partial charge in [0, 0.05) is 23.3 Å². The van der Waals surface area contributed by atoms with Crippen molar-refractivity contribution in [3.63, 3.8) is 0 Å². The third kappa shape index (κ3) is 2.21. The molecule has 0 radical (unpaired) electrons. The third-order valence-corrected chi connectivity index (χ3v) is 3.40. The van der Waals surface area contributed by atoms with Gasteiger partial charge in [-0.1, -0.05) is 0 Å². The summed E-state index contributed by atoms with van der Waals surface area (Å²) in [6.45, 7) is 1.42. The Bertz CT molecular complexity index is 1000. The number of nitro benzene ring substituents is 1. The number of aromatic nitrogens is 2. The summed E-state index contributed by atoms with van der Waals surface area (Å²) in [6, 6.07) is 5.54. The monoisotopic (exact) mass is 316 g/mol. The Kier molecular flexibility index (Phi) is 3.14. The Morgan fingerprint density at radius 3 is 2.35 bits per heavy atom. The Hall–Kier alpha value is -3.56. The number of nitrogens with one attached hydrogen (secondary N) is 1. The fourth-order valence-corrected chi connectivity index (χ4v) is 2.32. The third-order valence-electron chi connectivity index (χ3n) is 3.40. The van der Waals surface area contributed by atoms with Crippen LogP contribution in [0.2, 0.25) is 0 Å². The maximum atomic E-state index is 11.6. The second kappa shape index (κ2) is 5.02. The van der Waals surface area contributed by atoms with Gasteiger partial charge in [0.1, 0.15) is 0 Å². The summed E-state index contributed by atoms with van der Waals surface area (Å²) in [6.07, 6.45) is 0. The summed E-state index contributed by atoms with van der Waals surface area (Å²) in [5, 5.41) is 28.4. The molecule has 0 saturated carbocycles. The van der Waals surface area contributed by atoms with E-state index in [9.17, 15) is 25.0 Å². The van der Waals surface area contributed by atoms with Crippen LogP contribution >= 0.6 is 0 Å². The zero-order valence-corrected chi connectivity index (χ0v) is 11.6. The second-order valence-electron chi connectivity index (χ2n) is 4.70. The largest absolute Gasteiger partial charge is 0.416 e. The van der Waals surface area contributed by atoms with Crippen LogP contribution in [-0.4, -0.2) is 20.0 Å². The van der Waals surface area contributed by atoms with Crippen molar-refractivity contribution in [2.24, 2.45) is 0 Å². The molecule has 23 heavy (non-hydrogen) atoms. The van der Waals surface area contributed by atoms with Crippen molar-refractivity contribution < 1.29 is 14.3 Å². The highest BCUT2D eigenvalue weighted by molar-refractivity contribution is 5.94. The molecule has 0 bridgehead atoms. The van der Waals surface area contributed by atoms with E-state index in [0.29, 0.717) is 11.3 Å². The Morgan fingerprint density at radius 1 is 1.13 bits per heavy atom. The van der Waals surface area contributed by atoms with E-state index in [1.807, 2.05) is 0 Å². The second-order valence-corrected chi connectivity index (χ2v) is 4.70. The van der Waals surface area contributed by atoms with Gasteiger partial charge in [-0.05, 0) is 19.1 Å². The molecule has 0 fully saturated rings. The van der Waals surface area contributed by atoms with E-state index < -0.39 is 21.2 Å². The molecule has 0 atom stereocenters. The minimum absolute atomic E-state index is 0.0635. The number of hydrogen-bond donors (Lipinski definition) is 1. The molecule has 0 aliphatic rings. The smallest absolute Gasteiger partial charge is 0.397 e. The number of non-ortho nitro benzene ring substituents is 1. The Balaban J connectivity index is 2.26. The first-order valence-electron chi connectivity index (χ1n) is 6.31. The fraction of sp³-hybridized carbons (Fsp3) is 0.0769. The van der Waals surface area contributed by atoms with E-state index in [2.05, 4.69) is 10.2 Å². The molecule has 0 aliphatic carbocycles. The van der Waals surface area contributed by atoms with Gasteiger partial charge in [0.25, 0.3) is 5.69 Å². The van der Waals surface area contributed by atoms with E-state index in [1.54, 1.807) is 0 Å². The number of nitro groups is 2. The van der Waals surface area contributed by atoms with Crippen LogP contribution in [-0.2, 0) is 0 Å². The van der Waals surface area contributed by atoms with Crippen molar-refractivity contribution in [1.82, 2.24) is 10.2 Å². The molecule has 2 heterocycles. The summed E-state index contributed by atoms with van der Waals surface area (Å²) in [4.78, 5) is 32.0. The lowest BCUT2D eigenvalue weighted by Gasteiger charge is -2.01. The van der Waals surface area contributed by atoms with Gasteiger partial charge in [0.05, 0.1) is 20.9 Å². The zero-order valence-electron chi connectivity index (χ0n) is 11.6. The summed E-state index contributed by atoms with van der Waals surface area (Å²) in [7, 11) is 0. The standard InChI is InChI=1S/C13H8N4O6/c1-6-9-10(7-2-4-8(5-3-7)16(19)20)14-15-12(9)23-13(18)11(6)17(21)22/h2-5H,1H3,(H,14,15). The maximum Gasteiger partial charge on any atom is 0.416 e. The summed E-state index contributed by atoms with van der Waals surface area (Å²) >= 11 is 0. The topological polar surface area (TPSA) is 145 Å². The van der Waals surface area contributed by atoms with Crippen LogP contribution in [0.25, 0.3) is 22.4 Å². The van der Waals surface area contributed by atoms with Crippen molar-refractivity contribution in [2.45, 2.75) is 6.92 Å². The van der Waals surface area contributed by atoms with E-state index in [4.69, 9.17) is 4.42 Å². The van der Waals surface area contributed by atoms with Gasteiger partial charge < -0.3 is 4.42 Å². The minimum Gasteiger partial charge on any atom is -0.397 e. The molecule has 3 aromatic rings. The molecule has 0 saturated heterocycles. The maximum absolute atomic E-state index is 11.6. The van der Waals surface area contributed by atoms with Crippen molar-refractivity contribution in [3.8, 4) is 11.3 Å². The average Bonchev–Trinajstić information content (AvgIpc) is 2.90. The highest BCUT2D eigenvalue weighted by atomic mass is 16.6. The zero-order chi connectivity index (χ0) is 16.7. The number of benzene rings is 1. The van der Waals surface area contributed by atoms with E-state index in [0.717, 1.165) is 0 Å². The number of aryl methyl sites for hydroxylation is 1. The number of H-pyrrole nitrogens is 1. The first-order chi connectivity index (χ1) is 10.9. The molecule has 1 aromatic carbocycles. The summed E-state index contributed by atoms with van der Waals surface area (Å²) in [5.74, 6) is 0. The SMILES string of the molecule is Cc1c([N+](=O)[O-])c(=O)oc2n[nH]c(-c3ccc([N+](=O)[O-])cc3)c12. The molecule has 0 spiro atoms. The van der Waals surface area contributed by atoms with Crippen LogP contribution in [0, 0.1) is 27.2 Å². The van der Waals surface area contributed by atoms with Gasteiger partial charge >= 0.3 is 11.3 Å². The summed E-state index contributed by atoms with van der Waals surface area (Å²) in [5.41, 5.74) is -0.894. The molecule has 10 heteroatoms. The highest BCUT2D eigenvalue weighted by Crippen LogP contribution is 2.32. The quantitative estimate of drug-likeness (QED) is 0.576. The van der Waals surface area contributed by atoms with Gasteiger partial charge in [-0.15, -0.1) is 5.10 Å². The van der Waals surface area contributed by atoms with Crippen LogP contribution in [0.1, 0.15) is 5.56 Å². The van der Waals surface area contributed by atoms with Crippen LogP contribution in [0.3, 0.4) is 0 Å². The van der Waals surface area contributed by atoms with Crippen molar-refractivity contribution in [3.05, 3.63) is 60.5 Å². The Morgan fingerprint density at radius 2 is 1.78 bits per heavy atom. The lowest BCUT2D eigenvalue weighted by atomic mass is 10.1. The molecule has 3 rings (SSSR count). The molecule has 116 valence electrons. The molecule has 2 aromatic heterocycles. The molecule has 0 amide bonds. The Labute approximate surface area is 126 Å². The molecule has 0 aliphatic heterocycles. The minimum atomic E-state index is -1.08. The number of aromatic amines is 1. The van der Waals surface area contributed by atoms with E-state index >= 15 is 0 Å². The number of nitrogens with zero attached hydrogens (tertiary/aromatic N) is 3. The number of hydrogen-bond acceptors (Lipinski definition) is 7. The molecular weight excluding hydrogens is 308 g/mol. The fourth-order valence-electron chi connectivity index (χ4n) is 2.32. The predicted molar refractivity (Wildman–Crippen MR) is 78.1 cm³/mol. The molecule has 0 unspecified atom stereocenters. The van der Waals surface area contributed by atoms with Crippen LogP contribution in [0.5, 0.6) is 0 Å². The number of rotatable bonds is 3. The van der Waals surface area contributed by atoms with Gasteiger partial charge in [-0.2, -0.15) is 0 Å².